The van der Waals surface area contributed by atoms with Gasteiger partial charge in [0.2, 0.25) is 5.91 Å². The highest BCUT2D eigenvalue weighted by Gasteiger charge is 2.15. The van der Waals surface area contributed by atoms with Gasteiger partial charge in [-0.15, -0.1) is 0 Å². The molecule has 0 aliphatic carbocycles. The van der Waals surface area contributed by atoms with Crippen LogP contribution in [0.3, 0.4) is 0 Å². The van der Waals surface area contributed by atoms with E-state index in [4.69, 9.17) is 9.47 Å². The molecule has 2 aromatic carbocycles. The van der Waals surface area contributed by atoms with Crippen LogP contribution in [0.2, 0.25) is 0 Å². The summed E-state index contributed by atoms with van der Waals surface area (Å²) in [7, 11) is 3.16. The van der Waals surface area contributed by atoms with E-state index >= 15 is 0 Å². The van der Waals surface area contributed by atoms with Gasteiger partial charge < -0.3 is 14.8 Å². The number of methoxy groups -OCH3 is 2. The monoisotopic (exact) mass is 479 g/mol. The molecular weight excluding hydrogens is 453 g/mol. The molecule has 0 atom stereocenters. The molecule has 10 heteroatoms. The number of carbonyl (C=O) groups excluding carboxylic acids is 1. The van der Waals surface area contributed by atoms with Crippen molar-refractivity contribution in [3.63, 3.8) is 0 Å². The summed E-state index contributed by atoms with van der Waals surface area (Å²) in [4.78, 5) is 29.9. The normalized spacial score (nSPS) is 11.0. The Morgan fingerprint density at radius 2 is 1.83 bits per heavy atom. The second-order valence-electron chi connectivity index (χ2n) is 7.93. The number of hydrogen-bond acceptors (Lipinski definition) is 6. The molecule has 4 aromatic rings. The molecule has 0 saturated heterocycles. The molecule has 1 N–H and O–H groups in total. The molecule has 182 valence electrons. The minimum absolute atomic E-state index is 0.131. The van der Waals surface area contributed by atoms with Crippen molar-refractivity contribution in [3.8, 4) is 17.2 Å². The van der Waals surface area contributed by atoms with Crippen molar-refractivity contribution >= 4 is 16.9 Å². The van der Waals surface area contributed by atoms with E-state index in [-0.39, 0.29) is 30.2 Å². The molecule has 0 aliphatic rings. The third kappa shape index (κ3) is 5.16. The maximum absolute atomic E-state index is 13.3. The largest absolute Gasteiger partial charge is 0.493 e. The van der Waals surface area contributed by atoms with Gasteiger partial charge in [0.05, 0.1) is 26.1 Å². The third-order valence-electron chi connectivity index (χ3n) is 5.70. The lowest BCUT2D eigenvalue weighted by Gasteiger charge is -2.11. The second kappa shape index (κ2) is 10.4. The van der Waals surface area contributed by atoms with Crippen LogP contribution in [0.4, 0.5) is 4.39 Å². The minimum atomic E-state index is -0.362. The van der Waals surface area contributed by atoms with Crippen molar-refractivity contribution in [2.24, 2.45) is 0 Å². The van der Waals surface area contributed by atoms with Crippen LogP contribution in [0.5, 0.6) is 11.5 Å². The number of halogens is 1. The van der Waals surface area contributed by atoms with E-state index in [2.05, 4.69) is 15.4 Å². The summed E-state index contributed by atoms with van der Waals surface area (Å²) in [6, 6.07) is 11.4. The third-order valence-corrected chi connectivity index (χ3v) is 5.70. The number of amides is 1. The van der Waals surface area contributed by atoms with Gasteiger partial charge in [-0.25, -0.2) is 14.1 Å². The average Bonchev–Trinajstić information content (AvgIpc) is 3.28. The van der Waals surface area contributed by atoms with E-state index in [1.54, 1.807) is 33.3 Å². The number of aryl methyl sites for hydroxylation is 1. The first-order valence-corrected chi connectivity index (χ1v) is 11.1. The summed E-state index contributed by atoms with van der Waals surface area (Å²) in [5, 5.41) is 7.46. The van der Waals surface area contributed by atoms with Crippen LogP contribution in [0.1, 0.15) is 17.8 Å². The lowest BCUT2D eigenvalue weighted by molar-refractivity contribution is -0.121. The molecule has 0 fully saturated rings. The van der Waals surface area contributed by atoms with Gasteiger partial charge in [-0.05, 0) is 55.3 Å². The van der Waals surface area contributed by atoms with Crippen molar-refractivity contribution in [2.45, 2.75) is 26.3 Å². The summed E-state index contributed by atoms with van der Waals surface area (Å²) in [5.74, 6) is 1.22. The fraction of sp³-hybridized carbons (Fsp3) is 0.280. The van der Waals surface area contributed by atoms with Crippen LogP contribution in [-0.4, -0.2) is 46.0 Å². The maximum atomic E-state index is 13.3. The quantitative estimate of drug-likeness (QED) is 0.396. The van der Waals surface area contributed by atoms with E-state index in [1.807, 2.05) is 18.2 Å². The van der Waals surface area contributed by atoms with Crippen LogP contribution in [-0.2, 0) is 17.8 Å². The fourth-order valence-electron chi connectivity index (χ4n) is 3.83. The predicted molar refractivity (Wildman–Crippen MR) is 129 cm³/mol. The number of nitrogens with one attached hydrogen (secondary N) is 1. The summed E-state index contributed by atoms with van der Waals surface area (Å²) < 4.78 is 26.8. The maximum Gasteiger partial charge on any atom is 0.264 e. The summed E-state index contributed by atoms with van der Waals surface area (Å²) in [6.07, 6.45) is 2.19. The Morgan fingerprint density at radius 1 is 1.09 bits per heavy atom. The number of rotatable bonds is 9. The summed E-state index contributed by atoms with van der Waals surface area (Å²) >= 11 is 0. The second-order valence-corrected chi connectivity index (χ2v) is 7.93. The van der Waals surface area contributed by atoms with Gasteiger partial charge in [-0.3, -0.25) is 14.2 Å². The number of ether oxygens (including phenoxy) is 2. The molecule has 0 radical (unpaired) electrons. The highest BCUT2D eigenvalue weighted by Crippen LogP contribution is 2.27. The van der Waals surface area contributed by atoms with Crippen LogP contribution in [0.15, 0.2) is 53.5 Å². The smallest absolute Gasteiger partial charge is 0.264 e. The predicted octanol–water partition coefficient (Wildman–Crippen LogP) is 2.80. The van der Waals surface area contributed by atoms with Gasteiger partial charge in [0.1, 0.15) is 17.0 Å². The van der Waals surface area contributed by atoms with Gasteiger partial charge in [0, 0.05) is 19.5 Å². The molecule has 0 spiro atoms. The molecule has 35 heavy (non-hydrogen) atoms. The van der Waals surface area contributed by atoms with Crippen LogP contribution < -0.4 is 20.3 Å². The zero-order valence-electron chi connectivity index (χ0n) is 19.7. The van der Waals surface area contributed by atoms with Crippen molar-refractivity contribution in [1.82, 2.24) is 24.6 Å². The number of carbonyl (C=O) groups is 1. The van der Waals surface area contributed by atoms with Crippen molar-refractivity contribution in [3.05, 3.63) is 76.2 Å². The van der Waals surface area contributed by atoms with E-state index in [0.717, 1.165) is 5.56 Å². The van der Waals surface area contributed by atoms with Crippen LogP contribution in [0.25, 0.3) is 16.7 Å². The Kier molecular flexibility index (Phi) is 7.09. The van der Waals surface area contributed by atoms with Gasteiger partial charge >= 0.3 is 0 Å². The van der Waals surface area contributed by atoms with Crippen molar-refractivity contribution in [2.75, 3.05) is 20.8 Å². The highest BCUT2D eigenvalue weighted by molar-refractivity contribution is 5.76. The molecule has 0 unspecified atom stereocenters. The van der Waals surface area contributed by atoms with Gasteiger partial charge in [0.15, 0.2) is 17.1 Å². The number of aromatic nitrogens is 4. The molecule has 9 nitrogen and oxygen atoms in total. The zero-order valence-corrected chi connectivity index (χ0v) is 19.7. The lowest BCUT2D eigenvalue weighted by atomic mass is 10.1. The molecule has 2 aromatic heterocycles. The first-order valence-electron chi connectivity index (χ1n) is 11.1. The first-order chi connectivity index (χ1) is 16.9. The molecule has 0 bridgehead atoms. The first kappa shape index (κ1) is 23.9. The standard InChI is InChI=1S/C25H26FN5O4/c1-16-29-24-20(15-28-31(24)19-7-5-18(26)6-8-19)25(33)30(16)13-11-23(32)27-12-10-17-4-9-21(34-2)22(14-17)35-3/h4-9,14-15H,10-13H2,1-3H3,(H,27,32). The van der Waals surface area contributed by atoms with Crippen molar-refractivity contribution < 1.29 is 18.7 Å². The molecule has 2 heterocycles. The highest BCUT2D eigenvalue weighted by atomic mass is 19.1. The Bertz CT molecular complexity index is 1410. The van der Waals surface area contributed by atoms with Crippen molar-refractivity contribution in [1.29, 1.82) is 0 Å². The summed E-state index contributed by atoms with van der Waals surface area (Å²) in [5.41, 5.74) is 1.70. The Morgan fingerprint density at radius 3 is 2.54 bits per heavy atom. The molecule has 4 rings (SSSR count). The van der Waals surface area contributed by atoms with E-state index < -0.39 is 0 Å². The topological polar surface area (TPSA) is 100 Å². The Labute approximate surface area is 201 Å². The Balaban J connectivity index is 1.39. The van der Waals surface area contributed by atoms with Gasteiger partial charge in [-0.2, -0.15) is 5.10 Å². The minimum Gasteiger partial charge on any atom is -0.493 e. The molecular formula is C25H26FN5O4. The number of nitrogens with zero attached hydrogens (tertiary/aromatic N) is 4. The fourth-order valence-corrected chi connectivity index (χ4v) is 3.83. The van der Waals surface area contributed by atoms with Gasteiger partial charge in [0.25, 0.3) is 5.56 Å². The van der Waals surface area contributed by atoms with Crippen LogP contribution in [0, 0.1) is 12.7 Å². The summed E-state index contributed by atoms with van der Waals surface area (Å²) in [6.45, 7) is 2.35. The SMILES string of the molecule is COc1ccc(CCNC(=O)CCn2c(C)nc3c(cnn3-c3ccc(F)cc3)c2=O)cc1OC. The van der Waals surface area contributed by atoms with Crippen LogP contribution >= 0.6 is 0 Å². The van der Waals surface area contributed by atoms with E-state index in [1.165, 1.54) is 27.6 Å². The number of hydrogen-bond donors (Lipinski definition) is 1. The van der Waals surface area contributed by atoms with Gasteiger partial charge in [-0.1, -0.05) is 6.07 Å². The molecule has 0 saturated carbocycles. The molecule has 0 aliphatic heterocycles. The number of benzene rings is 2. The Hall–Kier alpha value is -4.21. The number of fused-ring (bicyclic) bond motifs is 1. The zero-order chi connectivity index (χ0) is 24.9. The lowest BCUT2D eigenvalue weighted by Crippen LogP contribution is -2.30. The molecule has 1 amide bonds. The van der Waals surface area contributed by atoms with E-state index in [9.17, 15) is 14.0 Å². The average molecular weight is 480 g/mol. The van der Waals surface area contributed by atoms with E-state index in [0.29, 0.717) is 47.0 Å².